The van der Waals surface area contributed by atoms with Crippen LogP contribution in [0.2, 0.25) is 0 Å². The molecule has 6 nitrogen and oxygen atoms in total. The summed E-state index contributed by atoms with van der Waals surface area (Å²) in [5.74, 6) is -3.35. The van der Waals surface area contributed by atoms with Crippen LogP contribution in [0.3, 0.4) is 0 Å². The van der Waals surface area contributed by atoms with Crippen LogP contribution in [0.15, 0.2) is 48.5 Å². The number of hydrogen-bond donors (Lipinski definition) is 2. The van der Waals surface area contributed by atoms with Gasteiger partial charge in [0.2, 0.25) is 0 Å². The molecule has 2 rings (SSSR count). The zero-order chi connectivity index (χ0) is 19.1. The average Bonchev–Trinajstić information content (AvgIpc) is 2.66. The maximum Gasteiger partial charge on any atom is 0.408 e. The molecule has 0 fully saturated rings. The van der Waals surface area contributed by atoms with Gasteiger partial charge in [0, 0.05) is 0 Å². The van der Waals surface area contributed by atoms with Gasteiger partial charge >= 0.3 is 12.1 Å². The molecule has 0 aliphatic carbocycles. The first-order valence-corrected chi connectivity index (χ1v) is 7.60. The standard InChI is InChI=1S/C18H17F2NO5/c1-25-17(23)16(22)15(12-7-8-13(19)14(20)9-12)21-18(24)26-10-11-5-3-2-4-6-11/h2-9,15-16,22H,10H2,1H3,(H,21,24). The topological polar surface area (TPSA) is 84.9 Å². The number of aliphatic hydroxyl groups is 1. The smallest absolute Gasteiger partial charge is 0.408 e. The third kappa shape index (κ3) is 5.00. The third-order valence-corrected chi connectivity index (χ3v) is 3.55. The molecule has 2 atom stereocenters. The maximum absolute atomic E-state index is 13.5. The fourth-order valence-electron chi connectivity index (χ4n) is 2.20. The fourth-order valence-corrected chi connectivity index (χ4v) is 2.20. The molecular formula is C18H17F2NO5. The van der Waals surface area contributed by atoms with Gasteiger partial charge in [-0.3, -0.25) is 0 Å². The highest BCUT2D eigenvalue weighted by Crippen LogP contribution is 2.21. The number of aliphatic hydroxyl groups excluding tert-OH is 1. The molecule has 1 amide bonds. The van der Waals surface area contributed by atoms with Gasteiger partial charge in [0.25, 0.3) is 0 Å². The predicted molar refractivity (Wildman–Crippen MR) is 86.9 cm³/mol. The van der Waals surface area contributed by atoms with Crippen molar-refractivity contribution in [2.75, 3.05) is 7.11 Å². The molecule has 0 bridgehead atoms. The van der Waals surface area contributed by atoms with E-state index in [1.807, 2.05) is 0 Å². The van der Waals surface area contributed by atoms with Gasteiger partial charge in [-0.25, -0.2) is 18.4 Å². The molecule has 0 heterocycles. The van der Waals surface area contributed by atoms with Crippen molar-refractivity contribution in [3.8, 4) is 0 Å². The Bertz CT molecular complexity index is 769. The van der Waals surface area contributed by atoms with Crippen molar-refractivity contribution < 1.29 is 33.0 Å². The van der Waals surface area contributed by atoms with Crippen molar-refractivity contribution in [1.82, 2.24) is 5.32 Å². The molecule has 0 aliphatic rings. The molecule has 8 heteroatoms. The number of rotatable bonds is 6. The molecule has 2 aromatic rings. The third-order valence-electron chi connectivity index (χ3n) is 3.55. The number of halogens is 2. The van der Waals surface area contributed by atoms with E-state index in [-0.39, 0.29) is 12.2 Å². The van der Waals surface area contributed by atoms with Crippen LogP contribution < -0.4 is 5.32 Å². The molecule has 0 aliphatic heterocycles. The van der Waals surface area contributed by atoms with Gasteiger partial charge in [-0.05, 0) is 23.3 Å². The van der Waals surface area contributed by atoms with Gasteiger partial charge in [0.1, 0.15) is 6.61 Å². The van der Waals surface area contributed by atoms with Crippen molar-refractivity contribution >= 4 is 12.1 Å². The number of esters is 1. The molecule has 0 radical (unpaired) electrons. The quantitative estimate of drug-likeness (QED) is 0.769. The second-order valence-corrected chi connectivity index (χ2v) is 5.33. The Kier molecular flexibility index (Phi) is 6.62. The number of benzene rings is 2. The Morgan fingerprint density at radius 3 is 2.42 bits per heavy atom. The Hall–Kier alpha value is -3.00. The maximum atomic E-state index is 13.5. The number of amides is 1. The number of nitrogens with one attached hydrogen (secondary N) is 1. The summed E-state index contributed by atoms with van der Waals surface area (Å²) in [6.07, 6.45) is -2.79. The van der Waals surface area contributed by atoms with Gasteiger partial charge < -0.3 is 19.9 Å². The van der Waals surface area contributed by atoms with E-state index in [9.17, 15) is 23.5 Å². The predicted octanol–water partition coefficient (Wildman–Crippen LogP) is 2.47. The van der Waals surface area contributed by atoms with E-state index in [0.717, 1.165) is 30.9 Å². The minimum absolute atomic E-state index is 0.0292. The SMILES string of the molecule is COC(=O)C(O)C(NC(=O)OCc1ccccc1)c1ccc(F)c(F)c1. The highest BCUT2D eigenvalue weighted by Gasteiger charge is 2.31. The highest BCUT2D eigenvalue weighted by atomic mass is 19.2. The van der Waals surface area contributed by atoms with E-state index in [1.165, 1.54) is 0 Å². The summed E-state index contributed by atoms with van der Waals surface area (Å²) >= 11 is 0. The Morgan fingerprint density at radius 2 is 1.81 bits per heavy atom. The molecule has 0 saturated carbocycles. The first kappa shape index (κ1) is 19.3. The highest BCUT2D eigenvalue weighted by molar-refractivity contribution is 5.77. The molecule has 0 aromatic heterocycles. The minimum Gasteiger partial charge on any atom is -0.467 e. The van der Waals surface area contributed by atoms with E-state index in [2.05, 4.69) is 10.1 Å². The lowest BCUT2D eigenvalue weighted by Crippen LogP contribution is -2.41. The zero-order valence-corrected chi connectivity index (χ0v) is 13.8. The summed E-state index contributed by atoms with van der Waals surface area (Å²) in [4.78, 5) is 23.6. The van der Waals surface area contributed by atoms with Crippen LogP contribution in [-0.4, -0.2) is 30.4 Å². The lowest BCUT2D eigenvalue weighted by Gasteiger charge is -2.22. The van der Waals surface area contributed by atoms with Gasteiger partial charge in [0.15, 0.2) is 17.7 Å². The summed E-state index contributed by atoms with van der Waals surface area (Å²) in [5, 5.41) is 12.3. The monoisotopic (exact) mass is 365 g/mol. The first-order valence-electron chi connectivity index (χ1n) is 7.60. The van der Waals surface area contributed by atoms with E-state index in [1.54, 1.807) is 30.3 Å². The second kappa shape index (κ2) is 8.91. The largest absolute Gasteiger partial charge is 0.467 e. The minimum atomic E-state index is -1.84. The van der Waals surface area contributed by atoms with Crippen LogP contribution in [0.1, 0.15) is 17.2 Å². The number of ether oxygens (including phenoxy) is 2. The Balaban J connectivity index is 2.13. The van der Waals surface area contributed by atoms with Crippen LogP contribution in [-0.2, 0) is 20.9 Å². The van der Waals surface area contributed by atoms with Crippen molar-refractivity contribution in [3.05, 3.63) is 71.3 Å². The number of carbonyl (C=O) groups excluding carboxylic acids is 2. The van der Waals surface area contributed by atoms with E-state index < -0.39 is 35.8 Å². The molecule has 2 N–H and O–H groups in total. The van der Waals surface area contributed by atoms with Gasteiger partial charge in [-0.2, -0.15) is 0 Å². The molecule has 138 valence electrons. The molecule has 26 heavy (non-hydrogen) atoms. The average molecular weight is 365 g/mol. The van der Waals surface area contributed by atoms with Crippen LogP contribution in [0.25, 0.3) is 0 Å². The molecular weight excluding hydrogens is 348 g/mol. The van der Waals surface area contributed by atoms with Gasteiger partial charge in [-0.1, -0.05) is 36.4 Å². The lowest BCUT2D eigenvalue weighted by molar-refractivity contribution is -0.152. The summed E-state index contributed by atoms with van der Waals surface area (Å²) in [6, 6.07) is 10.1. The van der Waals surface area contributed by atoms with Crippen molar-refractivity contribution in [2.24, 2.45) is 0 Å². The normalized spacial score (nSPS) is 12.8. The van der Waals surface area contributed by atoms with Crippen LogP contribution >= 0.6 is 0 Å². The van der Waals surface area contributed by atoms with Gasteiger partial charge in [-0.15, -0.1) is 0 Å². The van der Waals surface area contributed by atoms with Crippen LogP contribution in [0.5, 0.6) is 0 Å². The van der Waals surface area contributed by atoms with Crippen LogP contribution in [0.4, 0.5) is 13.6 Å². The molecule has 2 aromatic carbocycles. The molecule has 0 saturated heterocycles. The summed E-state index contributed by atoms with van der Waals surface area (Å²) < 4.78 is 36.0. The van der Waals surface area contributed by atoms with E-state index >= 15 is 0 Å². The summed E-state index contributed by atoms with van der Waals surface area (Å²) in [5.41, 5.74) is 0.694. The Labute approximate surface area is 148 Å². The fraction of sp³-hybridized carbons (Fsp3) is 0.222. The lowest BCUT2D eigenvalue weighted by atomic mass is 10.0. The van der Waals surface area contributed by atoms with E-state index in [0.29, 0.717) is 0 Å². The molecule has 2 unspecified atom stereocenters. The van der Waals surface area contributed by atoms with E-state index in [4.69, 9.17) is 4.74 Å². The van der Waals surface area contributed by atoms with Crippen LogP contribution in [0, 0.1) is 11.6 Å². The van der Waals surface area contributed by atoms with Crippen molar-refractivity contribution in [3.63, 3.8) is 0 Å². The van der Waals surface area contributed by atoms with Gasteiger partial charge in [0.05, 0.1) is 13.2 Å². The number of hydrogen-bond acceptors (Lipinski definition) is 5. The number of carbonyl (C=O) groups is 2. The molecule has 0 spiro atoms. The van der Waals surface area contributed by atoms with Crippen molar-refractivity contribution in [2.45, 2.75) is 18.8 Å². The van der Waals surface area contributed by atoms with Crippen molar-refractivity contribution in [1.29, 1.82) is 0 Å². The number of alkyl carbamates (subject to hydrolysis) is 1. The number of methoxy groups -OCH3 is 1. The Morgan fingerprint density at radius 1 is 1.12 bits per heavy atom. The first-order chi connectivity index (χ1) is 12.4. The second-order valence-electron chi connectivity index (χ2n) is 5.33. The zero-order valence-electron chi connectivity index (χ0n) is 13.8. The summed E-state index contributed by atoms with van der Waals surface area (Å²) in [7, 11) is 1.04. The summed E-state index contributed by atoms with van der Waals surface area (Å²) in [6.45, 7) is -0.0501.